The van der Waals surface area contributed by atoms with E-state index in [1.165, 1.54) is 24.0 Å². The second-order valence-electron chi connectivity index (χ2n) is 4.29. The average molecular weight is 213 g/mol. The molecule has 0 aliphatic heterocycles. The Balaban J connectivity index is 1.81. The summed E-state index contributed by atoms with van der Waals surface area (Å²) in [7, 11) is 0. The zero-order valence-corrected chi connectivity index (χ0v) is 9.11. The summed E-state index contributed by atoms with van der Waals surface area (Å²) in [6.07, 6.45) is 4.55. The minimum atomic E-state index is 0.735. The van der Waals surface area contributed by atoms with Crippen LogP contribution in [0, 0.1) is 0 Å². The van der Waals surface area contributed by atoms with Gasteiger partial charge in [-0.1, -0.05) is 30.3 Å². The van der Waals surface area contributed by atoms with Crippen LogP contribution in [-0.2, 0) is 6.54 Å². The molecule has 0 unspecified atom stereocenters. The molecule has 1 aromatic carbocycles. The van der Waals surface area contributed by atoms with Gasteiger partial charge in [-0.05, 0) is 18.4 Å². The SMILES string of the molecule is c1ccc(-c2[nH]ncc2CNC2CC2)cc1. The Kier molecular flexibility index (Phi) is 2.46. The van der Waals surface area contributed by atoms with Crippen molar-refractivity contribution in [2.75, 3.05) is 0 Å². The van der Waals surface area contributed by atoms with Crippen LogP contribution in [0.3, 0.4) is 0 Å². The summed E-state index contributed by atoms with van der Waals surface area (Å²) in [5, 5.41) is 10.7. The topological polar surface area (TPSA) is 40.7 Å². The van der Waals surface area contributed by atoms with Crippen LogP contribution in [0.4, 0.5) is 0 Å². The smallest absolute Gasteiger partial charge is 0.0695 e. The highest BCUT2D eigenvalue weighted by Crippen LogP contribution is 2.23. The molecule has 0 saturated heterocycles. The number of benzene rings is 1. The van der Waals surface area contributed by atoms with Crippen molar-refractivity contribution in [1.82, 2.24) is 15.5 Å². The Hall–Kier alpha value is -1.61. The average Bonchev–Trinajstić information content (AvgIpc) is 3.05. The third kappa shape index (κ3) is 1.99. The highest BCUT2D eigenvalue weighted by Gasteiger charge is 2.20. The Morgan fingerprint density at radius 2 is 2.06 bits per heavy atom. The van der Waals surface area contributed by atoms with Crippen LogP contribution in [0.1, 0.15) is 18.4 Å². The number of hydrogen-bond donors (Lipinski definition) is 2. The summed E-state index contributed by atoms with van der Waals surface area (Å²) in [6.45, 7) is 0.908. The molecule has 3 nitrogen and oxygen atoms in total. The van der Waals surface area contributed by atoms with Crippen LogP contribution >= 0.6 is 0 Å². The van der Waals surface area contributed by atoms with Gasteiger partial charge in [-0.25, -0.2) is 0 Å². The molecular weight excluding hydrogens is 198 g/mol. The molecule has 3 rings (SSSR count). The normalized spacial score (nSPS) is 15.2. The fourth-order valence-electron chi connectivity index (χ4n) is 1.84. The van der Waals surface area contributed by atoms with Crippen LogP contribution in [0.2, 0.25) is 0 Å². The standard InChI is InChI=1S/C13H15N3/c1-2-4-10(5-3-1)13-11(9-15-16-13)8-14-12-6-7-12/h1-5,9,12,14H,6-8H2,(H,15,16). The van der Waals surface area contributed by atoms with Crippen molar-refractivity contribution < 1.29 is 0 Å². The van der Waals surface area contributed by atoms with Crippen molar-refractivity contribution in [2.24, 2.45) is 0 Å². The zero-order chi connectivity index (χ0) is 10.8. The van der Waals surface area contributed by atoms with E-state index in [2.05, 4.69) is 27.6 Å². The second-order valence-corrected chi connectivity index (χ2v) is 4.29. The minimum Gasteiger partial charge on any atom is -0.310 e. The van der Waals surface area contributed by atoms with Gasteiger partial charge >= 0.3 is 0 Å². The first-order valence-electron chi connectivity index (χ1n) is 5.74. The zero-order valence-electron chi connectivity index (χ0n) is 9.11. The van der Waals surface area contributed by atoms with Crippen molar-refractivity contribution in [1.29, 1.82) is 0 Å². The fraction of sp³-hybridized carbons (Fsp3) is 0.308. The molecule has 16 heavy (non-hydrogen) atoms. The summed E-state index contributed by atoms with van der Waals surface area (Å²) < 4.78 is 0. The van der Waals surface area contributed by atoms with Crippen LogP contribution in [0.5, 0.6) is 0 Å². The van der Waals surface area contributed by atoms with E-state index in [1.807, 2.05) is 24.4 Å². The maximum atomic E-state index is 4.13. The molecule has 1 aromatic heterocycles. The predicted octanol–water partition coefficient (Wildman–Crippen LogP) is 2.33. The summed E-state index contributed by atoms with van der Waals surface area (Å²) in [4.78, 5) is 0. The van der Waals surface area contributed by atoms with Gasteiger partial charge in [-0.15, -0.1) is 0 Å². The van der Waals surface area contributed by atoms with E-state index in [1.54, 1.807) is 0 Å². The monoisotopic (exact) mass is 213 g/mol. The van der Waals surface area contributed by atoms with Gasteiger partial charge in [0.15, 0.2) is 0 Å². The van der Waals surface area contributed by atoms with Crippen molar-refractivity contribution in [3.8, 4) is 11.3 Å². The van der Waals surface area contributed by atoms with E-state index in [4.69, 9.17) is 0 Å². The third-order valence-electron chi connectivity index (χ3n) is 2.94. The first kappa shape index (κ1) is 9.60. The molecule has 1 heterocycles. The van der Waals surface area contributed by atoms with Gasteiger partial charge in [0, 0.05) is 18.2 Å². The molecule has 0 bridgehead atoms. The van der Waals surface area contributed by atoms with Crippen LogP contribution < -0.4 is 5.32 Å². The molecule has 1 aliphatic carbocycles. The molecule has 0 radical (unpaired) electrons. The summed E-state index contributed by atoms with van der Waals surface area (Å²) in [6, 6.07) is 11.1. The second kappa shape index (κ2) is 4.10. The Bertz CT molecular complexity index is 457. The quantitative estimate of drug-likeness (QED) is 0.818. The minimum absolute atomic E-state index is 0.735. The van der Waals surface area contributed by atoms with Crippen LogP contribution in [0.15, 0.2) is 36.5 Å². The number of rotatable bonds is 4. The van der Waals surface area contributed by atoms with E-state index in [-0.39, 0.29) is 0 Å². The summed E-state index contributed by atoms with van der Waals surface area (Å²) in [5.41, 5.74) is 3.58. The lowest BCUT2D eigenvalue weighted by Gasteiger charge is -2.04. The highest BCUT2D eigenvalue weighted by atomic mass is 15.1. The predicted molar refractivity (Wildman–Crippen MR) is 63.9 cm³/mol. The van der Waals surface area contributed by atoms with Gasteiger partial charge < -0.3 is 5.32 Å². The van der Waals surface area contributed by atoms with Crippen molar-refractivity contribution in [3.63, 3.8) is 0 Å². The van der Waals surface area contributed by atoms with Gasteiger partial charge in [0.25, 0.3) is 0 Å². The molecule has 0 amide bonds. The Morgan fingerprint density at radius 1 is 1.25 bits per heavy atom. The number of H-pyrrole nitrogens is 1. The first-order chi connectivity index (χ1) is 7.93. The number of nitrogens with one attached hydrogen (secondary N) is 2. The maximum Gasteiger partial charge on any atom is 0.0695 e. The lowest BCUT2D eigenvalue weighted by molar-refractivity contribution is 0.689. The third-order valence-corrected chi connectivity index (χ3v) is 2.94. The number of hydrogen-bond acceptors (Lipinski definition) is 2. The highest BCUT2D eigenvalue weighted by molar-refractivity contribution is 5.62. The molecule has 2 N–H and O–H groups in total. The number of aromatic amines is 1. The van der Waals surface area contributed by atoms with E-state index in [9.17, 15) is 0 Å². The van der Waals surface area contributed by atoms with Crippen LogP contribution in [-0.4, -0.2) is 16.2 Å². The molecule has 82 valence electrons. The number of nitrogens with zero attached hydrogens (tertiary/aromatic N) is 1. The van der Waals surface area contributed by atoms with Crippen molar-refractivity contribution >= 4 is 0 Å². The maximum absolute atomic E-state index is 4.13. The van der Waals surface area contributed by atoms with Gasteiger partial charge in [-0.2, -0.15) is 5.10 Å². The number of aromatic nitrogens is 2. The van der Waals surface area contributed by atoms with Gasteiger partial charge in [0.2, 0.25) is 0 Å². The lowest BCUT2D eigenvalue weighted by Crippen LogP contribution is -2.15. The largest absolute Gasteiger partial charge is 0.310 e. The lowest BCUT2D eigenvalue weighted by atomic mass is 10.1. The van der Waals surface area contributed by atoms with E-state index in [0.717, 1.165) is 18.3 Å². The molecule has 0 spiro atoms. The van der Waals surface area contributed by atoms with E-state index in [0.29, 0.717) is 0 Å². The first-order valence-corrected chi connectivity index (χ1v) is 5.74. The summed E-state index contributed by atoms with van der Waals surface area (Å²) >= 11 is 0. The Labute approximate surface area is 94.9 Å². The molecule has 2 aromatic rings. The molecule has 1 saturated carbocycles. The van der Waals surface area contributed by atoms with Gasteiger partial charge in [-0.3, -0.25) is 5.10 Å². The molecular formula is C13H15N3. The molecule has 1 aliphatic rings. The Morgan fingerprint density at radius 3 is 2.81 bits per heavy atom. The molecule has 0 atom stereocenters. The van der Waals surface area contributed by atoms with E-state index >= 15 is 0 Å². The van der Waals surface area contributed by atoms with Crippen molar-refractivity contribution in [2.45, 2.75) is 25.4 Å². The summed E-state index contributed by atoms with van der Waals surface area (Å²) in [5.74, 6) is 0. The fourth-order valence-corrected chi connectivity index (χ4v) is 1.84. The molecule has 3 heteroatoms. The van der Waals surface area contributed by atoms with Gasteiger partial charge in [0.1, 0.15) is 0 Å². The van der Waals surface area contributed by atoms with Crippen molar-refractivity contribution in [3.05, 3.63) is 42.1 Å². The molecule has 1 fully saturated rings. The van der Waals surface area contributed by atoms with Gasteiger partial charge in [0.05, 0.1) is 11.9 Å². The van der Waals surface area contributed by atoms with Crippen LogP contribution in [0.25, 0.3) is 11.3 Å². The van der Waals surface area contributed by atoms with E-state index < -0.39 is 0 Å².